The molecule has 1 aromatic rings. The molecule has 0 aromatic carbocycles. The lowest BCUT2D eigenvalue weighted by Crippen LogP contribution is -2.34. The molecule has 0 spiro atoms. The minimum absolute atomic E-state index is 0.111. The van der Waals surface area contributed by atoms with Gasteiger partial charge in [0.2, 0.25) is 0 Å². The molecule has 1 saturated heterocycles. The van der Waals surface area contributed by atoms with Gasteiger partial charge in [-0.3, -0.25) is 19.1 Å². The third kappa shape index (κ3) is 4.68. The van der Waals surface area contributed by atoms with Crippen LogP contribution in [0.1, 0.15) is 39.0 Å². The highest BCUT2D eigenvalue weighted by molar-refractivity contribution is 9.11. The molecule has 25 heavy (non-hydrogen) atoms. The molecule has 2 N–H and O–H groups in total. The molecule has 0 radical (unpaired) electrons. The van der Waals surface area contributed by atoms with Crippen molar-refractivity contribution in [1.82, 2.24) is 9.55 Å². The SMILES string of the molecule is CC(C)(C)C(=O)OCC1OC(n2cc(C=CBr)c(=O)[nH]c2=O)CC1O. The van der Waals surface area contributed by atoms with Crippen LogP contribution in [0.3, 0.4) is 0 Å². The first kappa shape index (κ1) is 19.6. The van der Waals surface area contributed by atoms with E-state index in [2.05, 4.69) is 20.9 Å². The van der Waals surface area contributed by atoms with E-state index < -0.39 is 41.1 Å². The predicted molar refractivity (Wildman–Crippen MR) is 94.2 cm³/mol. The quantitative estimate of drug-likeness (QED) is 0.711. The minimum atomic E-state index is -0.897. The molecule has 138 valence electrons. The number of H-pyrrole nitrogens is 1. The number of aliphatic hydroxyl groups excluding tert-OH is 1. The fourth-order valence-electron chi connectivity index (χ4n) is 2.31. The Morgan fingerprint density at radius 1 is 1.52 bits per heavy atom. The monoisotopic (exact) mass is 416 g/mol. The number of aromatic nitrogens is 2. The molecular formula is C16H21BrN2O6. The molecule has 1 aliphatic heterocycles. The lowest BCUT2D eigenvalue weighted by molar-refractivity contribution is -0.159. The van der Waals surface area contributed by atoms with E-state index in [1.165, 1.54) is 21.8 Å². The van der Waals surface area contributed by atoms with Gasteiger partial charge in [0.25, 0.3) is 5.56 Å². The Morgan fingerprint density at radius 2 is 2.20 bits per heavy atom. The summed E-state index contributed by atoms with van der Waals surface area (Å²) in [4.78, 5) is 39.2. The Labute approximate surface area is 152 Å². The van der Waals surface area contributed by atoms with Crippen LogP contribution in [-0.4, -0.2) is 39.4 Å². The number of hydrogen-bond donors (Lipinski definition) is 2. The first-order valence-corrected chi connectivity index (χ1v) is 8.68. The highest BCUT2D eigenvalue weighted by Crippen LogP contribution is 2.28. The lowest BCUT2D eigenvalue weighted by Gasteiger charge is -2.20. The molecule has 3 atom stereocenters. The van der Waals surface area contributed by atoms with Gasteiger partial charge in [0.05, 0.1) is 17.1 Å². The van der Waals surface area contributed by atoms with Crippen LogP contribution >= 0.6 is 15.9 Å². The molecule has 0 saturated carbocycles. The van der Waals surface area contributed by atoms with Crippen molar-refractivity contribution in [3.63, 3.8) is 0 Å². The number of esters is 1. The van der Waals surface area contributed by atoms with Gasteiger partial charge in [-0.25, -0.2) is 4.79 Å². The summed E-state index contributed by atoms with van der Waals surface area (Å²) in [5, 5.41) is 10.1. The Morgan fingerprint density at radius 3 is 2.80 bits per heavy atom. The van der Waals surface area contributed by atoms with Gasteiger partial charge >= 0.3 is 11.7 Å². The highest BCUT2D eigenvalue weighted by Gasteiger charge is 2.37. The van der Waals surface area contributed by atoms with Gasteiger partial charge in [-0.05, 0) is 31.8 Å². The molecular weight excluding hydrogens is 396 g/mol. The van der Waals surface area contributed by atoms with Crippen LogP contribution in [-0.2, 0) is 14.3 Å². The summed E-state index contributed by atoms with van der Waals surface area (Å²) in [5.74, 6) is -0.405. The summed E-state index contributed by atoms with van der Waals surface area (Å²) >= 11 is 3.08. The first-order chi connectivity index (χ1) is 11.6. The van der Waals surface area contributed by atoms with Crippen LogP contribution in [0.25, 0.3) is 6.08 Å². The summed E-state index contributed by atoms with van der Waals surface area (Å²) in [6, 6.07) is 0. The molecule has 0 amide bonds. The van der Waals surface area contributed by atoms with E-state index in [9.17, 15) is 19.5 Å². The van der Waals surface area contributed by atoms with E-state index in [1.807, 2.05) is 0 Å². The van der Waals surface area contributed by atoms with E-state index in [0.29, 0.717) is 0 Å². The van der Waals surface area contributed by atoms with Gasteiger partial charge in [0.1, 0.15) is 18.9 Å². The van der Waals surface area contributed by atoms with Gasteiger partial charge < -0.3 is 14.6 Å². The summed E-state index contributed by atoms with van der Waals surface area (Å²) in [6.07, 6.45) is 0.584. The van der Waals surface area contributed by atoms with E-state index >= 15 is 0 Å². The number of nitrogens with one attached hydrogen (secondary N) is 1. The van der Waals surface area contributed by atoms with E-state index in [0.717, 1.165) is 0 Å². The van der Waals surface area contributed by atoms with Crippen molar-refractivity contribution < 1.29 is 19.4 Å². The molecule has 1 fully saturated rings. The number of aliphatic hydroxyl groups is 1. The summed E-state index contributed by atoms with van der Waals surface area (Å²) in [6.45, 7) is 5.06. The Hall–Kier alpha value is -1.71. The topological polar surface area (TPSA) is 111 Å². The van der Waals surface area contributed by atoms with Crippen molar-refractivity contribution in [1.29, 1.82) is 0 Å². The number of carbonyl (C=O) groups excluding carboxylic acids is 1. The van der Waals surface area contributed by atoms with Crippen molar-refractivity contribution in [2.75, 3.05) is 6.61 Å². The van der Waals surface area contributed by atoms with E-state index in [1.54, 1.807) is 20.8 Å². The van der Waals surface area contributed by atoms with Crippen molar-refractivity contribution in [3.05, 3.63) is 37.6 Å². The second-order valence-corrected chi connectivity index (χ2v) is 7.35. The van der Waals surface area contributed by atoms with Crippen molar-refractivity contribution in [2.24, 2.45) is 5.41 Å². The predicted octanol–water partition coefficient (Wildman–Crippen LogP) is 1.14. The lowest BCUT2D eigenvalue weighted by atomic mass is 9.97. The van der Waals surface area contributed by atoms with Crippen LogP contribution in [0.4, 0.5) is 0 Å². The van der Waals surface area contributed by atoms with Gasteiger partial charge in [-0.1, -0.05) is 15.9 Å². The van der Waals surface area contributed by atoms with Gasteiger partial charge in [-0.2, -0.15) is 0 Å². The standard InChI is InChI=1S/C16H21BrN2O6/c1-16(2,3)14(22)24-8-11-10(20)6-12(25-11)19-7-9(4-5-17)13(21)18-15(19)23/h4-5,7,10-12,20H,6,8H2,1-3H3,(H,18,21,23). The number of rotatable bonds is 4. The molecule has 2 heterocycles. The molecule has 2 rings (SSSR count). The molecule has 0 aliphatic carbocycles. The molecule has 3 unspecified atom stereocenters. The smallest absolute Gasteiger partial charge is 0.330 e. The summed E-state index contributed by atoms with van der Waals surface area (Å²) in [5.41, 5.74) is -1.56. The normalized spacial score (nSPS) is 24.0. The number of carbonyl (C=O) groups is 1. The van der Waals surface area contributed by atoms with Crippen LogP contribution in [0, 0.1) is 5.41 Å². The maximum atomic E-state index is 12.0. The second kappa shape index (κ2) is 7.67. The minimum Gasteiger partial charge on any atom is -0.462 e. The zero-order valence-corrected chi connectivity index (χ0v) is 15.8. The van der Waals surface area contributed by atoms with Crippen LogP contribution in [0.2, 0.25) is 0 Å². The third-order valence-electron chi connectivity index (χ3n) is 3.74. The summed E-state index contributed by atoms with van der Waals surface area (Å²) in [7, 11) is 0. The maximum Gasteiger partial charge on any atom is 0.330 e. The Kier molecular flexibility index (Phi) is 6.02. The van der Waals surface area contributed by atoms with Gasteiger partial charge in [0.15, 0.2) is 0 Å². The average molecular weight is 417 g/mol. The third-order valence-corrected chi connectivity index (χ3v) is 4.01. The molecule has 1 aliphatic rings. The van der Waals surface area contributed by atoms with Gasteiger partial charge in [0, 0.05) is 12.6 Å². The number of nitrogens with zero attached hydrogens (tertiary/aromatic N) is 1. The molecule has 0 bridgehead atoms. The Bertz CT molecular complexity index is 776. The molecule has 1 aromatic heterocycles. The zero-order chi connectivity index (χ0) is 18.8. The summed E-state index contributed by atoms with van der Waals surface area (Å²) < 4.78 is 12.0. The first-order valence-electron chi connectivity index (χ1n) is 7.76. The van der Waals surface area contributed by atoms with Crippen LogP contribution < -0.4 is 11.2 Å². The number of halogens is 1. The molecule has 8 nitrogen and oxygen atoms in total. The second-order valence-electron chi connectivity index (χ2n) is 6.82. The van der Waals surface area contributed by atoms with Crippen molar-refractivity contribution >= 4 is 28.0 Å². The highest BCUT2D eigenvalue weighted by atomic mass is 79.9. The maximum absolute atomic E-state index is 12.0. The van der Waals surface area contributed by atoms with Crippen LogP contribution in [0.5, 0.6) is 0 Å². The van der Waals surface area contributed by atoms with Gasteiger partial charge in [-0.15, -0.1) is 0 Å². The number of aromatic amines is 1. The molecule has 9 heteroatoms. The van der Waals surface area contributed by atoms with Crippen LogP contribution in [0.15, 0.2) is 20.8 Å². The van der Waals surface area contributed by atoms with E-state index in [4.69, 9.17) is 9.47 Å². The van der Waals surface area contributed by atoms with E-state index in [-0.39, 0.29) is 18.6 Å². The fraction of sp³-hybridized carbons (Fsp3) is 0.562. The number of ether oxygens (including phenoxy) is 2. The zero-order valence-electron chi connectivity index (χ0n) is 14.2. The van der Waals surface area contributed by atoms with Crippen molar-refractivity contribution in [3.8, 4) is 0 Å². The van der Waals surface area contributed by atoms with Crippen molar-refractivity contribution in [2.45, 2.75) is 45.6 Å². The Balaban J connectivity index is 2.13. The largest absolute Gasteiger partial charge is 0.462 e. The average Bonchev–Trinajstić information content (AvgIpc) is 2.87. The fourth-order valence-corrected chi connectivity index (χ4v) is 2.60. The number of hydrogen-bond acceptors (Lipinski definition) is 6.